The Hall–Kier alpha value is -1.10. The van der Waals surface area contributed by atoms with Crippen molar-refractivity contribution in [2.24, 2.45) is 5.18 Å². The molecule has 0 aromatic carbocycles. The van der Waals surface area contributed by atoms with Crippen LogP contribution < -0.4 is 0 Å². The maximum absolute atomic E-state index is 10.6. The summed E-state index contributed by atoms with van der Waals surface area (Å²) < 4.78 is 4.12. The first-order valence-electron chi connectivity index (χ1n) is 2.57. The van der Waals surface area contributed by atoms with Crippen molar-refractivity contribution >= 4 is 17.6 Å². The summed E-state index contributed by atoms with van der Waals surface area (Å²) in [6, 6.07) is 0. The van der Waals surface area contributed by atoms with Gasteiger partial charge in [0.25, 0.3) is 0 Å². The molecule has 0 aromatic heterocycles. The maximum atomic E-state index is 10.6. The molecule has 62 valence electrons. The molecule has 0 bridgehead atoms. The molecule has 0 fully saturated rings. The van der Waals surface area contributed by atoms with Crippen molar-refractivity contribution in [2.75, 3.05) is 13.0 Å². The molecule has 0 rings (SSSR count). The summed E-state index contributed by atoms with van der Waals surface area (Å²) in [6.45, 7) is 0. The van der Waals surface area contributed by atoms with Crippen LogP contribution in [-0.2, 0) is 9.53 Å². The molecule has 5 nitrogen and oxygen atoms in total. The van der Waals surface area contributed by atoms with Crippen molar-refractivity contribution < 1.29 is 14.6 Å². The van der Waals surface area contributed by atoms with Crippen LogP contribution in [0.2, 0.25) is 0 Å². The first kappa shape index (κ1) is 9.90. The molecule has 0 saturated heterocycles. The van der Waals surface area contributed by atoms with Gasteiger partial charge in [0.1, 0.15) is 5.76 Å². The minimum absolute atomic E-state index is 0.351. The number of alkyl halides is 1. The van der Waals surface area contributed by atoms with Gasteiger partial charge in [-0.15, -0.1) is 16.5 Å². The molecular weight excluding hydrogens is 174 g/mol. The quantitative estimate of drug-likeness (QED) is 0.230. The Balaban J connectivity index is 4.64. The monoisotopic (exact) mass is 179 g/mol. The summed E-state index contributed by atoms with van der Waals surface area (Å²) in [5, 5.41) is 11.0. The molecule has 0 saturated carbocycles. The highest BCUT2D eigenvalue weighted by molar-refractivity contribution is 6.19. The van der Waals surface area contributed by atoms with E-state index in [2.05, 4.69) is 9.91 Å². The van der Waals surface area contributed by atoms with Crippen LogP contribution in [0.15, 0.2) is 16.6 Å². The van der Waals surface area contributed by atoms with E-state index in [1.165, 1.54) is 0 Å². The molecule has 6 heteroatoms. The van der Waals surface area contributed by atoms with Gasteiger partial charge in [0.2, 0.25) is 5.70 Å². The Morgan fingerprint density at radius 3 is 2.55 bits per heavy atom. The van der Waals surface area contributed by atoms with Crippen molar-refractivity contribution in [1.82, 2.24) is 0 Å². The Morgan fingerprint density at radius 1 is 1.73 bits per heavy atom. The molecule has 0 aliphatic rings. The second-order valence-electron chi connectivity index (χ2n) is 1.51. The number of carbonyl (C=O) groups excluding carboxylic acids is 1. The number of carbonyl (C=O) groups is 1. The fourth-order valence-electron chi connectivity index (χ4n) is 0.368. The van der Waals surface area contributed by atoms with Gasteiger partial charge in [-0.3, -0.25) is 0 Å². The SMILES string of the molecule is COC(=O)/C(N=O)=C(/O)CCl. The number of methoxy groups -OCH3 is 1. The lowest BCUT2D eigenvalue weighted by molar-refractivity contribution is -0.136. The van der Waals surface area contributed by atoms with Gasteiger partial charge >= 0.3 is 5.97 Å². The Kier molecular flexibility index (Phi) is 4.21. The molecule has 0 aromatic rings. The zero-order valence-corrected chi connectivity index (χ0v) is 6.46. The number of aliphatic hydroxyl groups is 1. The van der Waals surface area contributed by atoms with Crippen LogP contribution in [0, 0.1) is 4.91 Å². The van der Waals surface area contributed by atoms with Gasteiger partial charge in [-0.2, -0.15) is 0 Å². The van der Waals surface area contributed by atoms with Gasteiger partial charge in [-0.25, -0.2) is 4.79 Å². The molecule has 1 N–H and O–H groups in total. The number of nitroso groups, excluding NO2 is 1. The van der Waals surface area contributed by atoms with Gasteiger partial charge in [0.05, 0.1) is 13.0 Å². The van der Waals surface area contributed by atoms with E-state index in [1.54, 1.807) is 0 Å². The smallest absolute Gasteiger partial charge is 0.363 e. The molecule has 0 aliphatic carbocycles. The summed E-state index contributed by atoms with van der Waals surface area (Å²) in [7, 11) is 1.06. The zero-order chi connectivity index (χ0) is 8.85. The summed E-state index contributed by atoms with van der Waals surface area (Å²) in [5.41, 5.74) is -0.692. The van der Waals surface area contributed by atoms with Crippen molar-refractivity contribution in [3.8, 4) is 0 Å². The number of ether oxygens (including phenoxy) is 1. The van der Waals surface area contributed by atoms with E-state index in [9.17, 15) is 9.70 Å². The van der Waals surface area contributed by atoms with Gasteiger partial charge in [-0.05, 0) is 5.18 Å². The fraction of sp³-hybridized carbons (Fsp3) is 0.400. The number of aliphatic hydroxyl groups excluding tert-OH is 1. The van der Waals surface area contributed by atoms with Gasteiger partial charge in [0.15, 0.2) is 0 Å². The lowest BCUT2D eigenvalue weighted by Gasteiger charge is -1.97. The average molecular weight is 180 g/mol. The predicted octanol–water partition coefficient (Wildman–Crippen LogP) is 0.934. The van der Waals surface area contributed by atoms with E-state index in [0.29, 0.717) is 0 Å². The first-order valence-corrected chi connectivity index (χ1v) is 3.10. The van der Waals surface area contributed by atoms with Crippen LogP contribution in [0.3, 0.4) is 0 Å². The van der Waals surface area contributed by atoms with Crippen LogP contribution >= 0.6 is 11.6 Å². The minimum atomic E-state index is -1.00. The Bertz CT molecular complexity index is 201. The minimum Gasteiger partial charge on any atom is -0.508 e. The van der Waals surface area contributed by atoms with Gasteiger partial charge in [-0.1, -0.05) is 0 Å². The number of rotatable bonds is 3. The van der Waals surface area contributed by atoms with Crippen LogP contribution in [0.1, 0.15) is 0 Å². The Labute approximate surface area is 67.6 Å². The Morgan fingerprint density at radius 2 is 2.27 bits per heavy atom. The predicted molar refractivity (Wildman–Crippen MR) is 38.2 cm³/mol. The number of hydrogen-bond donors (Lipinski definition) is 1. The highest BCUT2D eigenvalue weighted by atomic mass is 35.5. The van der Waals surface area contributed by atoms with E-state index in [4.69, 9.17) is 16.7 Å². The number of halogens is 1. The van der Waals surface area contributed by atoms with Crippen molar-refractivity contribution in [3.63, 3.8) is 0 Å². The number of hydrogen-bond acceptors (Lipinski definition) is 5. The standard InChI is InChI=1S/C5H6ClNO4/c1-11-5(9)4(7-10)3(8)2-6/h8H,2H2,1H3/b4-3-. The second-order valence-corrected chi connectivity index (χ2v) is 1.78. The molecule has 0 spiro atoms. The molecule has 0 amide bonds. The number of nitrogens with zero attached hydrogens (tertiary/aromatic N) is 1. The highest BCUT2D eigenvalue weighted by Gasteiger charge is 2.15. The molecule has 0 aliphatic heterocycles. The summed E-state index contributed by atoms with van der Waals surface area (Å²) >= 11 is 5.11. The molecule has 0 heterocycles. The van der Waals surface area contributed by atoms with Crippen LogP contribution in [0.25, 0.3) is 0 Å². The number of allylic oxidation sites excluding steroid dienone is 1. The maximum Gasteiger partial charge on any atom is 0.363 e. The van der Waals surface area contributed by atoms with Crippen molar-refractivity contribution in [1.29, 1.82) is 0 Å². The van der Waals surface area contributed by atoms with E-state index in [0.717, 1.165) is 7.11 Å². The third-order valence-corrected chi connectivity index (χ3v) is 1.12. The number of esters is 1. The molecule has 0 atom stereocenters. The lowest BCUT2D eigenvalue weighted by atomic mass is 10.4. The topological polar surface area (TPSA) is 76.0 Å². The van der Waals surface area contributed by atoms with Crippen LogP contribution in [-0.4, -0.2) is 24.1 Å². The molecule has 11 heavy (non-hydrogen) atoms. The average Bonchev–Trinajstić information content (AvgIpc) is 2.05. The van der Waals surface area contributed by atoms with Gasteiger partial charge < -0.3 is 9.84 Å². The first-order chi connectivity index (χ1) is 5.17. The van der Waals surface area contributed by atoms with Crippen LogP contribution in [0.5, 0.6) is 0 Å². The summed E-state index contributed by atoms with van der Waals surface area (Å²) in [6.07, 6.45) is 0. The summed E-state index contributed by atoms with van der Waals surface area (Å²) in [5.74, 6) is -1.94. The second kappa shape index (κ2) is 4.68. The fourth-order valence-corrected chi connectivity index (χ4v) is 0.494. The van der Waals surface area contributed by atoms with E-state index in [1.807, 2.05) is 0 Å². The van der Waals surface area contributed by atoms with Crippen molar-refractivity contribution in [2.45, 2.75) is 0 Å². The molecular formula is C5H6ClNO4. The molecule has 0 unspecified atom stereocenters. The lowest BCUT2D eigenvalue weighted by Crippen LogP contribution is -2.06. The third-order valence-electron chi connectivity index (χ3n) is 0.870. The highest BCUT2D eigenvalue weighted by Crippen LogP contribution is 2.06. The normalized spacial score (nSPS) is 11.8. The van der Waals surface area contributed by atoms with Crippen molar-refractivity contribution in [3.05, 3.63) is 16.4 Å². The van der Waals surface area contributed by atoms with E-state index >= 15 is 0 Å². The zero-order valence-electron chi connectivity index (χ0n) is 5.70. The van der Waals surface area contributed by atoms with Gasteiger partial charge in [0, 0.05) is 0 Å². The summed E-state index contributed by atoms with van der Waals surface area (Å²) in [4.78, 5) is 20.4. The largest absolute Gasteiger partial charge is 0.508 e. The van der Waals surface area contributed by atoms with E-state index in [-0.39, 0.29) is 5.88 Å². The van der Waals surface area contributed by atoms with E-state index < -0.39 is 17.4 Å². The molecule has 0 radical (unpaired) electrons. The third kappa shape index (κ3) is 2.55. The van der Waals surface area contributed by atoms with Crippen LogP contribution in [0.4, 0.5) is 0 Å².